The number of hydrogen-bond acceptors (Lipinski definition) is 4. The molecule has 5 heteroatoms. The highest BCUT2D eigenvalue weighted by atomic mass is 16.6. The lowest BCUT2D eigenvalue weighted by molar-refractivity contribution is -0.165. The zero-order valence-electron chi connectivity index (χ0n) is 18.0. The molecule has 1 aromatic carbocycles. The summed E-state index contributed by atoms with van der Waals surface area (Å²) in [6.07, 6.45) is 8.69. The van der Waals surface area contributed by atoms with Gasteiger partial charge in [0.25, 0.3) is 0 Å². The number of rotatable bonds is 6. The lowest BCUT2D eigenvalue weighted by atomic mass is 9.49. The van der Waals surface area contributed by atoms with E-state index in [0.717, 1.165) is 55.6 Å². The Morgan fingerprint density at radius 1 is 1.00 bits per heavy atom. The Hall–Kier alpha value is -2.04. The maximum Gasteiger partial charge on any atom is 0.328 e. The fourth-order valence-corrected chi connectivity index (χ4v) is 6.96. The molecule has 0 spiro atoms. The minimum Gasteiger partial charge on any atom is -0.490 e. The Morgan fingerprint density at radius 3 is 2.27 bits per heavy atom. The first-order chi connectivity index (χ1) is 14.5. The fourth-order valence-electron chi connectivity index (χ4n) is 6.96. The zero-order valence-corrected chi connectivity index (χ0v) is 18.0. The van der Waals surface area contributed by atoms with E-state index in [0.29, 0.717) is 13.2 Å². The summed E-state index contributed by atoms with van der Waals surface area (Å²) in [4.78, 5) is 28.3. The van der Waals surface area contributed by atoms with Crippen LogP contribution in [0.15, 0.2) is 24.3 Å². The van der Waals surface area contributed by atoms with E-state index in [2.05, 4.69) is 0 Å². The van der Waals surface area contributed by atoms with E-state index in [4.69, 9.17) is 9.47 Å². The third-order valence-electron chi connectivity index (χ3n) is 7.90. The van der Waals surface area contributed by atoms with Crippen molar-refractivity contribution in [3.05, 3.63) is 29.8 Å². The Bertz CT molecular complexity index is 767. The van der Waals surface area contributed by atoms with E-state index in [1.54, 1.807) is 0 Å². The van der Waals surface area contributed by atoms with Crippen molar-refractivity contribution in [1.82, 2.24) is 4.90 Å². The number of esters is 1. The van der Waals surface area contributed by atoms with Gasteiger partial charge >= 0.3 is 5.97 Å². The summed E-state index contributed by atoms with van der Waals surface area (Å²) in [6, 6.07) is 7.41. The number of carbonyl (C=O) groups excluding carboxylic acids is 2. The summed E-state index contributed by atoms with van der Waals surface area (Å²) in [6.45, 7) is 3.26. The van der Waals surface area contributed by atoms with Crippen molar-refractivity contribution in [2.75, 3.05) is 19.8 Å². The van der Waals surface area contributed by atoms with Crippen LogP contribution >= 0.6 is 0 Å². The van der Waals surface area contributed by atoms with E-state index in [-0.39, 0.29) is 23.9 Å². The van der Waals surface area contributed by atoms with Gasteiger partial charge in [-0.3, -0.25) is 4.79 Å². The normalized spacial score (nSPS) is 34.2. The molecule has 4 saturated carbocycles. The minimum absolute atomic E-state index is 0.188. The lowest BCUT2D eigenvalue weighted by Crippen LogP contribution is -2.56. The zero-order chi connectivity index (χ0) is 20.7. The summed E-state index contributed by atoms with van der Waals surface area (Å²) in [5.41, 5.74) is 0.991. The largest absolute Gasteiger partial charge is 0.490 e. The van der Waals surface area contributed by atoms with Crippen molar-refractivity contribution in [1.29, 1.82) is 0 Å². The van der Waals surface area contributed by atoms with Crippen LogP contribution in [0.25, 0.3) is 0 Å². The molecule has 5 fully saturated rings. The van der Waals surface area contributed by atoms with Gasteiger partial charge in [0, 0.05) is 6.54 Å². The molecule has 30 heavy (non-hydrogen) atoms. The maximum atomic E-state index is 13.6. The molecule has 1 saturated heterocycles. The average Bonchev–Trinajstić information content (AvgIpc) is 3.20. The van der Waals surface area contributed by atoms with Crippen molar-refractivity contribution in [3.63, 3.8) is 0 Å². The molecular formula is C25H33NO4. The molecule has 1 atom stereocenters. The molecule has 0 unspecified atom stereocenters. The minimum atomic E-state index is -0.412. The van der Waals surface area contributed by atoms with E-state index in [9.17, 15) is 9.59 Å². The van der Waals surface area contributed by atoms with Crippen molar-refractivity contribution in [3.8, 4) is 5.75 Å². The Morgan fingerprint density at radius 2 is 1.63 bits per heavy atom. The SMILES string of the molecule is Cc1ccc(OCCOC(=O)[C@H]2CCCN2C(=O)C23CC4CC(CC(C4)C2)C3)cc1. The summed E-state index contributed by atoms with van der Waals surface area (Å²) >= 11 is 0. The van der Waals surface area contributed by atoms with Crippen LogP contribution in [0.1, 0.15) is 56.9 Å². The number of carbonyl (C=O) groups is 2. The van der Waals surface area contributed by atoms with Gasteiger partial charge in [-0.25, -0.2) is 4.79 Å². The number of benzene rings is 1. The maximum absolute atomic E-state index is 13.6. The molecule has 1 aliphatic heterocycles. The standard InChI is InChI=1S/C25H33NO4/c1-17-4-6-21(7-5-17)29-9-10-30-23(27)22-3-2-8-26(22)24(28)25-14-18-11-19(15-25)13-20(12-18)16-25/h4-7,18-20,22H,2-3,8-16H2,1H3/t18?,19?,20?,22-,25?/m1/s1. The summed E-state index contributed by atoms with van der Waals surface area (Å²) in [5, 5.41) is 0. The quantitative estimate of drug-likeness (QED) is 0.522. The number of amides is 1. The number of nitrogens with zero attached hydrogens (tertiary/aromatic N) is 1. The molecule has 162 valence electrons. The van der Waals surface area contributed by atoms with Crippen LogP contribution < -0.4 is 4.74 Å². The van der Waals surface area contributed by atoms with Gasteiger partial charge in [-0.05, 0) is 88.2 Å². The van der Waals surface area contributed by atoms with Crippen LogP contribution in [0.2, 0.25) is 0 Å². The van der Waals surface area contributed by atoms with Gasteiger partial charge < -0.3 is 14.4 Å². The summed E-state index contributed by atoms with van der Waals surface area (Å²) in [5.74, 6) is 2.94. The molecule has 0 radical (unpaired) electrons. The van der Waals surface area contributed by atoms with E-state index in [1.807, 2.05) is 36.1 Å². The number of aryl methyl sites for hydroxylation is 1. The van der Waals surface area contributed by atoms with E-state index >= 15 is 0 Å². The topological polar surface area (TPSA) is 55.8 Å². The van der Waals surface area contributed by atoms with Crippen molar-refractivity contribution >= 4 is 11.9 Å². The number of ether oxygens (including phenoxy) is 2. The van der Waals surface area contributed by atoms with E-state index < -0.39 is 6.04 Å². The highest BCUT2D eigenvalue weighted by Crippen LogP contribution is 2.60. The molecule has 5 nitrogen and oxygen atoms in total. The third kappa shape index (κ3) is 3.72. The molecule has 1 amide bonds. The van der Waals surface area contributed by atoms with Crippen molar-refractivity contribution < 1.29 is 19.1 Å². The molecule has 4 bridgehead atoms. The van der Waals surface area contributed by atoms with Crippen LogP contribution in [0.5, 0.6) is 5.75 Å². The lowest BCUT2D eigenvalue weighted by Gasteiger charge is -2.56. The Kier molecular flexibility index (Phi) is 5.24. The summed E-state index contributed by atoms with van der Waals surface area (Å²) in [7, 11) is 0. The monoisotopic (exact) mass is 411 g/mol. The Labute approximate surface area is 179 Å². The van der Waals surface area contributed by atoms with Crippen LogP contribution in [-0.2, 0) is 14.3 Å². The number of hydrogen-bond donors (Lipinski definition) is 0. The molecule has 0 aromatic heterocycles. The predicted molar refractivity (Wildman–Crippen MR) is 113 cm³/mol. The van der Waals surface area contributed by atoms with Gasteiger partial charge in [-0.15, -0.1) is 0 Å². The highest BCUT2D eigenvalue weighted by molar-refractivity contribution is 5.89. The van der Waals surface area contributed by atoms with Crippen molar-refractivity contribution in [2.45, 2.75) is 64.3 Å². The first-order valence-electron chi connectivity index (χ1n) is 11.7. The first kappa shape index (κ1) is 19.9. The second-order valence-corrected chi connectivity index (χ2v) is 10.2. The average molecular weight is 412 g/mol. The molecule has 1 aromatic rings. The Balaban J connectivity index is 1.16. The van der Waals surface area contributed by atoms with Crippen LogP contribution in [-0.4, -0.2) is 42.6 Å². The van der Waals surface area contributed by atoms with Crippen LogP contribution in [0.4, 0.5) is 0 Å². The molecule has 0 N–H and O–H groups in total. The molecule has 5 aliphatic rings. The smallest absolute Gasteiger partial charge is 0.328 e. The van der Waals surface area contributed by atoms with Crippen LogP contribution in [0, 0.1) is 30.1 Å². The fraction of sp³-hybridized carbons (Fsp3) is 0.680. The van der Waals surface area contributed by atoms with Gasteiger partial charge in [0.15, 0.2) is 0 Å². The second-order valence-electron chi connectivity index (χ2n) is 10.2. The third-order valence-corrected chi connectivity index (χ3v) is 7.90. The van der Waals surface area contributed by atoms with Gasteiger partial charge in [-0.1, -0.05) is 17.7 Å². The summed E-state index contributed by atoms with van der Waals surface area (Å²) < 4.78 is 11.2. The van der Waals surface area contributed by atoms with Gasteiger partial charge in [-0.2, -0.15) is 0 Å². The van der Waals surface area contributed by atoms with Gasteiger partial charge in [0.05, 0.1) is 5.41 Å². The first-order valence-corrected chi connectivity index (χ1v) is 11.7. The predicted octanol–water partition coefficient (Wildman–Crippen LogP) is 4.12. The highest BCUT2D eigenvalue weighted by Gasteiger charge is 2.56. The van der Waals surface area contributed by atoms with E-state index in [1.165, 1.54) is 24.8 Å². The second kappa shape index (κ2) is 7.90. The van der Waals surface area contributed by atoms with Crippen LogP contribution in [0.3, 0.4) is 0 Å². The molecule has 4 aliphatic carbocycles. The molecular weight excluding hydrogens is 378 g/mol. The number of likely N-dealkylation sites (tertiary alicyclic amines) is 1. The van der Waals surface area contributed by atoms with Crippen molar-refractivity contribution in [2.24, 2.45) is 23.2 Å². The van der Waals surface area contributed by atoms with Gasteiger partial charge in [0.1, 0.15) is 25.0 Å². The van der Waals surface area contributed by atoms with Gasteiger partial charge in [0.2, 0.25) is 5.91 Å². The molecule has 6 rings (SSSR count). The molecule has 1 heterocycles.